The Hall–Kier alpha value is -0.780. The van der Waals surface area contributed by atoms with Crippen LogP contribution in [0.15, 0.2) is 36.5 Å². The molecule has 0 bridgehead atoms. The lowest BCUT2D eigenvalue weighted by atomic mass is 10.2. The molecule has 11 heavy (non-hydrogen) atoms. The number of rotatable bonds is 5. The summed E-state index contributed by atoms with van der Waals surface area (Å²) in [5, 5.41) is 0. The first kappa shape index (κ1) is 10.2. The summed E-state index contributed by atoms with van der Waals surface area (Å²) in [4.78, 5) is 0. The van der Waals surface area contributed by atoms with Gasteiger partial charge in [0, 0.05) is 0 Å². The molecule has 0 aliphatic heterocycles. The molecule has 0 aromatic heterocycles. The molecule has 0 heterocycles. The van der Waals surface area contributed by atoms with Crippen LogP contribution < -0.4 is 0 Å². The van der Waals surface area contributed by atoms with E-state index < -0.39 is 0 Å². The largest absolute Gasteiger partial charge is 0.0961 e. The summed E-state index contributed by atoms with van der Waals surface area (Å²) in [5.41, 5.74) is 1.10. The lowest BCUT2D eigenvalue weighted by Crippen LogP contribution is -1.65. The molecule has 62 valence electrons. The molecule has 0 saturated carbocycles. The first-order valence-corrected chi connectivity index (χ1v) is 4.26. The van der Waals surface area contributed by atoms with Crippen molar-refractivity contribution < 1.29 is 0 Å². The van der Waals surface area contributed by atoms with E-state index in [-0.39, 0.29) is 0 Å². The topological polar surface area (TPSA) is 0 Å². The molecule has 0 unspecified atom stereocenters. The molecule has 0 aromatic carbocycles. The van der Waals surface area contributed by atoms with Crippen molar-refractivity contribution in [3.8, 4) is 0 Å². The fraction of sp³-hybridized carbons (Fsp3) is 0.455. The van der Waals surface area contributed by atoms with Crippen LogP contribution in [0.3, 0.4) is 0 Å². The van der Waals surface area contributed by atoms with E-state index in [9.17, 15) is 0 Å². The SMILES string of the molecule is C=C(C)C=CC=CCCCC. The molecule has 0 saturated heterocycles. The minimum atomic E-state index is 1.10. The van der Waals surface area contributed by atoms with Crippen molar-refractivity contribution in [1.29, 1.82) is 0 Å². The van der Waals surface area contributed by atoms with Crippen LogP contribution in [0.25, 0.3) is 0 Å². The molecule has 0 nitrogen and oxygen atoms in total. The number of hydrogen-bond donors (Lipinski definition) is 0. The maximum Gasteiger partial charge on any atom is -0.0348 e. The molecular formula is C11H18. The van der Waals surface area contributed by atoms with E-state index in [0.717, 1.165) is 5.57 Å². The Morgan fingerprint density at radius 3 is 2.64 bits per heavy atom. The predicted octanol–water partition coefficient (Wildman–Crippen LogP) is 3.87. The van der Waals surface area contributed by atoms with Crippen LogP contribution in [0, 0.1) is 0 Å². The molecule has 0 N–H and O–H groups in total. The van der Waals surface area contributed by atoms with Crippen LogP contribution in [0.2, 0.25) is 0 Å². The Bertz CT molecular complexity index is 149. The van der Waals surface area contributed by atoms with Gasteiger partial charge < -0.3 is 0 Å². The average molecular weight is 150 g/mol. The number of hydrogen-bond acceptors (Lipinski definition) is 0. The maximum absolute atomic E-state index is 3.77. The third kappa shape index (κ3) is 9.22. The Morgan fingerprint density at radius 1 is 1.36 bits per heavy atom. The van der Waals surface area contributed by atoms with E-state index in [1.807, 2.05) is 19.1 Å². The highest BCUT2D eigenvalue weighted by atomic mass is 13.8. The second-order valence-electron chi connectivity index (χ2n) is 2.78. The monoisotopic (exact) mass is 150 g/mol. The van der Waals surface area contributed by atoms with Gasteiger partial charge in [-0.05, 0) is 13.3 Å². The van der Waals surface area contributed by atoms with Crippen LogP contribution in [-0.4, -0.2) is 0 Å². The van der Waals surface area contributed by atoms with Crippen molar-refractivity contribution in [2.45, 2.75) is 33.1 Å². The smallest absolute Gasteiger partial charge is 0.0348 e. The van der Waals surface area contributed by atoms with Gasteiger partial charge in [0.05, 0.1) is 0 Å². The summed E-state index contributed by atoms with van der Waals surface area (Å²) in [7, 11) is 0. The number of unbranched alkanes of at least 4 members (excludes halogenated alkanes) is 2. The van der Waals surface area contributed by atoms with Crippen LogP contribution in [0.1, 0.15) is 33.1 Å². The zero-order valence-corrected chi connectivity index (χ0v) is 7.64. The minimum absolute atomic E-state index is 1.10. The van der Waals surface area contributed by atoms with Gasteiger partial charge in [-0.3, -0.25) is 0 Å². The van der Waals surface area contributed by atoms with Crippen LogP contribution >= 0.6 is 0 Å². The average Bonchev–Trinajstić information content (AvgIpc) is 1.96. The van der Waals surface area contributed by atoms with E-state index in [2.05, 4.69) is 25.7 Å². The highest BCUT2D eigenvalue weighted by molar-refractivity contribution is 5.16. The highest BCUT2D eigenvalue weighted by Gasteiger charge is 1.75. The standard InChI is InChI=1S/C11H18/c1-4-5-6-7-8-9-10-11(2)3/h7-10H,2,4-6H2,1,3H3. The van der Waals surface area contributed by atoms with E-state index in [0.29, 0.717) is 0 Å². The molecule has 0 heteroatoms. The maximum atomic E-state index is 3.77. The highest BCUT2D eigenvalue weighted by Crippen LogP contribution is 1.95. The molecule has 0 rings (SSSR count). The number of allylic oxidation sites excluding steroid dienone is 5. The second-order valence-corrected chi connectivity index (χ2v) is 2.78. The van der Waals surface area contributed by atoms with Crippen molar-refractivity contribution in [3.05, 3.63) is 36.5 Å². The van der Waals surface area contributed by atoms with E-state index in [4.69, 9.17) is 0 Å². The van der Waals surface area contributed by atoms with Gasteiger partial charge in [-0.2, -0.15) is 0 Å². The van der Waals surface area contributed by atoms with E-state index in [1.54, 1.807) is 0 Å². The van der Waals surface area contributed by atoms with Crippen molar-refractivity contribution >= 4 is 0 Å². The van der Waals surface area contributed by atoms with Gasteiger partial charge in [-0.15, -0.1) is 0 Å². The third-order valence-electron chi connectivity index (χ3n) is 1.35. The lowest BCUT2D eigenvalue weighted by molar-refractivity contribution is 0.815. The van der Waals surface area contributed by atoms with Gasteiger partial charge in [0.25, 0.3) is 0 Å². The van der Waals surface area contributed by atoms with Crippen molar-refractivity contribution in [1.82, 2.24) is 0 Å². The summed E-state index contributed by atoms with van der Waals surface area (Å²) in [6.07, 6.45) is 12.1. The molecule has 0 aliphatic rings. The fourth-order valence-corrected chi connectivity index (χ4v) is 0.717. The molecule has 0 amide bonds. The van der Waals surface area contributed by atoms with Gasteiger partial charge in [0.2, 0.25) is 0 Å². The van der Waals surface area contributed by atoms with Crippen LogP contribution in [0.5, 0.6) is 0 Å². The second kappa shape index (κ2) is 7.33. The van der Waals surface area contributed by atoms with Gasteiger partial charge >= 0.3 is 0 Å². The van der Waals surface area contributed by atoms with Gasteiger partial charge in [0.1, 0.15) is 0 Å². The zero-order chi connectivity index (χ0) is 8.53. The van der Waals surface area contributed by atoms with Gasteiger partial charge in [0.15, 0.2) is 0 Å². The molecule has 0 atom stereocenters. The fourth-order valence-electron chi connectivity index (χ4n) is 0.717. The zero-order valence-electron chi connectivity index (χ0n) is 7.64. The Labute approximate surface area is 70.3 Å². The quantitative estimate of drug-likeness (QED) is 0.412. The summed E-state index contributed by atoms with van der Waals surface area (Å²) in [5.74, 6) is 0. The molecule has 0 fully saturated rings. The third-order valence-corrected chi connectivity index (χ3v) is 1.35. The molecule has 0 radical (unpaired) electrons. The summed E-state index contributed by atoms with van der Waals surface area (Å²) < 4.78 is 0. The molecule has 0 aromatic rings. The van der Waals surface area contributed by atoms with Crippen molar-refractivity contribution in [2.75, 3.05) is 0 Å². The minimum Gasteiger partial charge on any atom is -0.0961 e. The van der Waals surface area contributed by atoms with Gasteiger partial charge in [-0.25, -0.2) is 0 Å². The first-order valence-electron chi connectivity index (χ1n) is 4.26. The van der Waals surface area contributed by atoms with Crippen LogP contribution in [0.4, 0.5) is 0 Å². The lowest BCUT2D eigenvalue weighted by Gasteiger charge is -1.85. The summed E-state index contributed by atoms with van der Waals surface area (Å²) in [6, 6.07) is 0. The Morgan fingerprint density at radius 2 is 2.09 bits per heavy atom. The first-order chi connectivity index (χ1) is 5.27. The van der Waals surface area contributed by atoms with Crippen molar-refractivity contribution in [2.24, 2.45) is 0 Å². The summed E-state index contributed by atoms with van der Waals surface area (Å²) in [6.45, 7) is 7.97. The predicted molar refractivity (Wildman–Crippen MR) is 52.6 cm³/mol. The molecule has 0 aliphatic carbocycles. The summed E-state index contributed by atoms with van der Waals surface area (Å²) >= 11 is 0. The Balaban J connectivity index is 3.36. The van der Waals surface area contributed by atoms with Crippen LogP contribution in [-0.2, 0) is 0 Å². The van der Waals surface area contributed by atoms with E-state index in [1.165, 1.54) is 19.3 Å². The van der Waals surface area contributed by atoms with Gasteiger partial charge in [-0.1, -0.05) is 56.2 Å². The normalized spacial score (nSPS) is 11.5. The van der Waals surface area contributed by atoms with E-state index >= 15 is 0 Å². The Kier molecular flexibility index (Phi) is 6.81. The molecule has 0 spiro atoms. The molecular weight excluding hydrogens is 132 g/mol. The van der Waals surface area contributed by atoms with Crippen molar-refractivity contribution in [3.63, 3.8) is 0 Å².